The Morgan fingerprint density at radius 1 is 1.38 bits per heavy atom. The molecule has 0 N–H and O–H groups in total. The highest BCUT2D eigenvalue weighted by Crippen LogP contribution is 2.22. The lowest BCUT2D eigenvalue weighted by atomic mass is 10.1. The molecule has 5 nitrogen and oxygen atoms in total. The van der Waals surface area contributed by atoms with Crippen molar-refractivity contribution in [3.05, 3.63) is 41.9 Å². The van der Waals surface area contributed by atoms with Gasteiger partial charge in [0, 0.05) is 18.2 Å². The van der Waals surface area contributed by atoms with E-state index >= 15 is 0 Å². The van der Waals surface area contributed by atoms with Gasteiger partial charge in [0.05, 0.1) is 37.6 Å². The van der Waals surface area contributed by atoms with Crippen LogP contribution in [0.5, 0.6) is 0 Å². The number of hydrogen-bond donors (Lipinski definition) is 0. The summed E-state index contributed by atoms with van der Waals surface area (Å²) in [6.07, 6.45) is 1.74. The highest BCUT2D eigenvalue weighted by Gasteiger charge is 2.20. The van der Waals surface area contributed by atoms with E-state index in [2.05, 4.69) is 22.9 Å². The van der Waals surface area contributed by atoms with Crippen molar-refractivity contribution < 1.29 is 9.15 Å². The van der Waals surface area contributed by atoms with E-state index in [1.807, 2.05) is 12.1 Å². The van der Waals surface area contributed by atoms with Gasteiger partial charge in [-0.1, -0.05) is 0 Å². The largest absolute Gasteiger partial charge is 0.439 e. The van der Waals surface area contributed by atoms with Crippen molar-refractivity contribution >= 4 is 0 Å². The number of ether oxygens (including phenoxy) is 1. The van der Waals surface area contributed by atoms with Crippen LogP contribution in [0.1, 0.15) is 18.4 Å². The van der Waals surface area contributed by atoms with Gasteiger partial charge in [-0.2, -0.15) is 5.26 Å². The molecule has 1 aromatic heterocycles. The minimum Gasteiger partial charge on any atom is -0.439 e. The van der Waals surface area contributed by atoms with Gasteiger partial charge >= 0.3 is 0 Å². The van der Waals surface area contributed by atoms with Crippen molar-refractivity contribution in [2.45, 2.75) is 19.5 Å². The topological polar surface area (TPSA) is 62.3 Å². The van der Waals surface area contributed by atoms with Crippen molar-refractivity contribution in [2.75, 3.05) is 19.8 Å². The molecular formula is C16H17N3O2. The first-order chi connectivity index (χ1) is 10.3. The molecule has 0 saturated carbocycles. The maximum absolute atomic E-state index is 8.81. The van der Waals surface area contributed by atoms with E-state index in [9.17, 15) is 0 Å². The predicted molar refractivity (Wildman–Crippen MR) is 77.3 cm³/mol. The summed E-state index contributed by atoms with van der Waals surface area (Å²) in [5.74, 6) is 1.44. The summed E-state index contributed by atoms with van der Waals surface area (Å²) in [5, 5.41) is 8.81. The second-order valence-electron chi connectivity index (χ2n) is 5.20. The first-order valence-electron chi connectivity index (χ1n) is 7.03. The Labute approximate surface area is 123 Å². The number of nitrogens with zero attached hydrogens (tertiary/aromatic N) is 3. The molecule has 5 heteroatoms. The highest BCUT2D eigenvalue weighted by molar-refractivity contribution is 5.57. The number of oxazole rings is 1. The molecular weight excluding hydrogens is 266 g/mol. The summed E-state index contributed by atoms with van der Waals surface area (Å²) >= 11 is 0. The molecule has 1 aliphatic heterocycles. The molecule has 1 aliphatic rings. The Morgan fingerprint density at radius 3 is 2.90 bits per heavy atom. The van der Waals surface area contributed by atoms with Crippen LogP contribution < -0.4 is 0 Å². The zero-order valence-electron chi connectivity index (χ0n) is 12.0. The van der Waals surface area contributed by atoms with Crippen molar-refractivity contribution in [1.82, 2.24) is 9.88 Å². The first-order valence-corrected chi connectivity index (χ1v) is 7.03. The molecule has 0 bridgehead atoms. The Balaban J connectivity index is 1.72. The van der Waals surface area contributed by atoms with Gasteiger partial charge in [-0.3, -0.25) is 4.90 Å². The molecule has 2 heterocycles. The third-order valence-corrected chi connectivity index (χ3v) is 3.70. The quantitative estimate of drug-likeness (QED) is 0.865. The van der Waals surface area contributed by atoms with Gasteiger partial charge in [0.2, 0.25) is 5.89 Å². The van der Waals surface area contributed by atoms with Gasteiger partial charge in [0.15, 0.2) is 5.76 Å². The van der Waals surface area contributed by atoms with Crippen molar-refractivity contribution in [3.63, 3.8) is 0 Å². The standard InChI is InChI=1S/C16H17N3O2/c1-12-11-20-7-6-19(12)10-16-18-9-15(21-16)14-4-2-13(8-17)3-5-14/h2-5,9,12H,6-7,10-11H2,1H3/t12-/m1/s1. The molecule has 0 radical (unpaired) electrons. The van der Waals surface area contributed by atoms with E-state index in [-0.39, 0.29) is 0 Å². The maximum Gasteiger partial charge on any atom is 0.209 e. The highest BCUT2D eigenvalue weighted by atomic mass is 16.5. The number of benzene rings is 1. The van der Waals surface area contributed by atoms with Gasteiger partial charge in [0.1, 0.15) is 0 Å². The number of aromatic nitrogens is 1. The third kappa shape index (κ3) is 3.13. The third-order valence-electron chi connectivity index (χ3n) is 3.70. The molecule has 0 unspecified atom stereocenters. The lowest BCUT2D eigenvalue weighted by Gasteiger charge is -2.31. The maximum atomic E-state index is 8.81. The predicted octanol–water partition coefficient (Wildman–Crippen LogP) is 2.43. The van der Waals surface area contributed by atoms with E-state index in [1.54, 1.807) is 18.3 Å². The SMILES string of the molecule is C[C@@H]1COCCN1Cc1ncc(-c2ccc(C#N)cc2)o1. The number of nitriles is 1. The Morgan fingerprint density at radius 2 is 2.19 bits per heavy atom. The van der Waals surface area contributed by atoms with E-state index in [4.69, 9.17) is 14.4 Å². The molecule has 21 heavy (non-hydrogen) atoms. The average Bonchev–Trinajstić information content (AvgIpc) is 2.98. The fourth-order valence-corrected chi connectivity index (χ4v) is 2.40. The van der Waals surface area contributed by atoms with Gasteiger partial charge in [-0.05, 0) is 31.2 Å². The molecule has 1 fully saturated rings. The zero-order valence-corrected chi connectivity index (χ0v) is 12.0. The second-order valence-corrected chi connectivity index (χ2v) is 5.20. The molecule has 108 valence electrons. The van der Waals surface area contributed by atoms with Crippen LogP contribution in [0.2, 0.25) is 0 Å². The van der Waals surface area contributed by atoms with Crippen LogP contribution in [0, 0.1) is 11.3 Å². The second kappa shape index (κ2) is 6.08. The van der Waals surface area contributed by atoms with Crippen LogP contribution in [0.3, 0.4) is 0 Å². The molecule has 1 atom stereocenters. The van der Waals surface area contributed by atoms with E-state index < -0.39 is 0 Å². The monoisotopic (exact) mass is 283 g/mol. The first kappa shape index (κ1) is 13.8. The van der Waals surface area contributed by atoms with Crippen molar-refractivity contribution in [1.29, 1.82) is 5.26 Å². The number of morpholine rings is 1. The lowest BCUT2D eigenvalue weighted by molar-refractivity contribution is -0.00774. The van der Waals surface area contributed by atoms with Crippen molar-refractivity contribution in [3.8, 4) is 17.4 Å². The van der Waals surface area contributed by atoms with Crippen LogP contribution in [-0.2, 0) is 11.3 Å². The minimum absolute atomic E-state index is 0.379. The molecule has 3 rings (SSSR count). The summed E-state index contributed by atoms with van der Waals surface area (Å²) in [5.41, 5.74) is 1.57. The van der Waals surface area contributed by atoms with Crippen LogP contribution >= 0.6 is 0 Å². The van der Waals surface area contributed by atoms with Crippen LogP contribution in [0.4, 0.5) is 0 Å². The molecule has 0 amide bonds. The smallest absolute Gasteiger partial charge is 0.209 e. The summed E-state index contributed by atoms with van der Waals surface area (Å²) in [6.45, 7) is 5.25. The molecule has 0 spiro atoms. The summed E-state index contributed by atoms with van der Waals surface area (Å²) in [4.78, 5) is 6.65. The molecule has 0 aliphatic carbocycles. The lowest BCUT2D eigenvalue weighted by Crippen LogP contribution is -2.42. The van der Waals surface area contributed by atoms with Crippen LogP contribution in [0.25, 0.3) is 11.3 Å². The van der Waals surface area contributed by atoms with Gasteiger partial charge in [0.25, 0.3) is 0 Å². The van der Waals surface area contributed by atoms with Gasteiger partial charge < -0.3 is 9.15 Å². The van der Waals surface area contributed by atoms with Crippen molar-refractivity contribution in [2.24, 2.45) is 0 Å². The van der Waals surface area contributed by atoms with E-state index in [0.717, 1.165) is 31.1 Å². The van der Waals surface area contributed by atoms with Gasteiger partial charge in [-0.15, -0.1) is 0 Å². The van der Waals surface area contributed by atoms with E-state index in [1.165, 1.54) is 0 Å². The number of rotatable bonds is 3. The minimum atomic E-state index is 0.379. The summed E-state index contributed by atoms with van der Waals surface area (Å²) < 4.78 is 11.2. The molecule has 2 aromatic rings. The summed E-state index contributed by atoms with van der Waals surface area (Å²) in [7, 11) is 0. The fourth-order valence-electron chi connectivity index (χ4n) is 2.40. The fraction of sp³-hybridized carbons (Fsp3) is 0.375. The van der Waals surface area contributed by atoms with Crippen LogP contribution in [0.15, 0.2) is 34.9 Å². The van der Waals surface area contributed by atoms with Gasteiger partial charge in [-0.25, -0.2) is 4.98 Å². The molecule has 1 aromatic carbocycles. The normalized spacial score (nSPS) is 19.3. The Bertz CT molecular complexity index is 642. The summed E-state index contributed by atoms with van der Waals surface area (Å²) in [6, 6.07) is 9.79. The Kier molecular flexibility index (Phi) is 4.00. The van der Waals surface area contributed by atoms with Crippen LogP contribution in [-0.4, -0.2) is 35.7 Å². The molecule has 1 saturated heterocycles. The Hall–Kier alpha value is -2.16. The van der Waals surface area contributed by atoms with E-state index in [0.29, 0.717) is 24.0 Å². The number of hydrogen-bond acceptors (Lipinski definition) is 5. The average molecular weight is 283 g/mol. The zero-order chi connectivity index (χ0) is 14.7.